The Labute approximate surface area is 116 Å². The molecule has 0 aromatic carbocycles. The Morgan fingerprint density at radius 2 is 2.11 bits per heavy atom. The minimum Gasteiger partial charge on any atom is -0.396 e. The third-order valence-corrected chi connectivity index (χ3v) is 4.89. The molecule has 0 aromatic heterocycles. The molecule has 114 valence electrons. The van der Waals surface area contributed by atoms with Crippen LogP contribution in [0.15, 0.2) is 0 Å². The highest BCUT2D eigenvalue weighted by Crippen LogP contribution is 2.23. The first kappa shape index (κ1) is 16.8. The van der Waals surface area contributed by atoms with Crippen molar-refractivity contribution in [2.75, 3.05) is 26.3 Å². The van der Waals surface area contributed by atoms with E-state index in [1.807, 2.05) is 27.7 Å². The van der Waals surface area contributed by atoms with Gasteiger partial charge in [0.25, 0.3) is 10.2 Å². The van der Waals surface area contributed by atoms with E-state index in [0.29, 0.717) is 26.1 Å². The zero-order chi connectivity index (χ0) is 14.7. The van der Waals surface area contributed by atoms with Crippen molar-refractivity contribution in [2.45, 2.75) is 46.3 Å². The molecule has 6 nitrogen and oxygen atoms in total. The van der Waals surface area contributed by atoms with E-state index in [0.717, 1.165) is 0 Å². The number of hydrogen-bond donors (Lipinski definition) is 2. The van der Waals surface area contributed by atoms with E-state index >= 15 is 0 Å². The van der Waals surface area contributed by atoms with E-state index < -0.39 is 10.2 Å². The van der Waals surface area contributed by atoms with Gasteiger partial charge in [-0.15, -0.1) is 0 Å². The van der Waals surface area contributed by atoms with Gasteiger partial charge in [-0.25, -0.2) is 0 Å². The summed E-state index contributed by atoms with van der Waals surface area (Å²) < 4.78 is 34.2. The Bertz CT molecular complexity index is 378. The SMILES string of the molecule is C[C@H]1CN(S(=O)(=O)N[C@H](CCO)C(C)(C)C)CCO1. The second kappa shape index (κ2) is 6.49. The monoisotopic (exact) mass is 294 g/mol. The lowest BCUT2D eigenvalue weighted by Crippen LogP contribution is -2.54. The van der Waals surface area contributed by atoms with Gasteiger partial charge in [0.1, 0.15) is 0 Å². The van der Waals surface area contributed by atoms with Crippen LogP contribution in [0.25, 0.3) is 0 Å². The summed E-state index contributed by atoms with van der Waals surface area (Å²) in [6.45, 7) is 8.84. The second-order valence-corrected chi connectivity index (χ2v) is 7.80. The largest absolute Gasteiger partial charge is 0.396 e. The lowest BCUT2D eigenvalue weighted by atomic mass is 9.86. The first-order valence-electron chi connectivity index (χ1n) is 6.66. The maximum atomic E-state index is 12.3. The van der Waals surface area contributed by atoms with Gasteiger partial charge in [0.05, 0.1) is 12.7 Å². The molecule has 0 saturated carbocycles. The molecule has 7 heteroatoms. The molecule has 0 amide bonds. The maximum absolute atomic E-state index is 12.3. The molecule has 1 fully saturated rings. The van der Waals surface area contributed by atoms with Crippen LogP contribution in [0.2, 0.25) is 0 Å². The van der Waals surface area contributed by atoms with Crippen LogP contribution in [0.4, 0.5) is 0 Å². The smallest absolute Gasteiger partial charge is 0.279 e. The summed E-state index contributed by atoms with van der Waals surface area (Å²) >= 11 is 0. The molecule has 1 heterocycles. The van der Waals surface area contributed by atoms with Crippen LogP contribution < -0.4 is 4.72 Å². The number of aliphatic hydroxyl groups excluding tert-OH is 1. The number of morpholine rings is 1. The molecule has 2 atom stereocenters. The Balaban J connectivity index is 2.76. The van der Waals surface area contributed by atoms with Crippen molar-refractivity contribution in [3.63, 3.8) is 0 Å². The minimum absolute atomic E-state index is 0.0377. The van der Waals surface area contributed by atoms with Gasteiger partial charge in [-0.3, -0.25) is 0 Å². The third kappa shape index (κ3) is 5.00. The Kier molecular flexibility index (Phi) is 5.76. The van der Waals surface area contributed by atoms with E-state index in [4.69, 9.17) is 9.84 Å². The third-order valence-electron chi connectivity index (χ3n) is 3.30. The molecule has 1 rings (SSSR count). The van der Waals surface area contributed by atoms with Crippen molar-refractivity contribution in [1.29, 1.82) is 0 Å². The average molecular weight is 294 g/mol. The number of nitrogens with one attached hydrogen (secondary N) is 1. The number of rotatable bonds is 5. The summed E-state index contributed by atoms with van der Waals surface area (Å²) in [5.74, 6) is 0. The van der Waals surface area contributed by atoms with Crippen molar-refractivity contribution in [2.24, 2.45) is 5.41 Å². The van der Waals surface area contributed by atoms with E-state index in [9.17, 15) is 8.42 Å². The predicted molar refractivity (Wildman–Crippen MR) is 74.0 cm³/mol. The minimum atomic E-state index is -3.53. The Hall–Kier alpha value is -0.210. The maximum Gasteiger partial charge on any atom is 0.279 e. The summed E-state index contributed by atoms with van der Waals surface area (Å²) in [4.78, 5) is 0. The first-order chi connectivity index (χ1) is 8.66. The Morgan fingerprint density at radius 3 is 2.58 bits per heavy atom. The zero-order valence-corrected chi connectivity index (χ0v) is 13.0. The summed E-state index contributed by atoms with van der Waals surface area (Å²) in [6.07, 6.45) is 0.319. The highest BCUT2D eigenvalue weighted by Gasteiger charge is 2.33. The molecule has 0 radical (unpaired) electrons. The summed E-state index contributed by atoms with van der Waals surface area (Å²) in [5, 5.41) is 9.08. The predicted octanol–water partition coefficient (Wildman–Crippen LogP) is 0.339. The van der Waals surface area contributed by atoms with Gasteiger partial charge in [0.2, 0.25) is 0 Å². The molecule has 0 bridgehead atoms. The van der Waals surface area contributed by atoms with Crippen molar-refractivity contribution < 1.29 is 18.3 Å². The fourth-order valence-corrected chi connectivity index (χ4v) is 3.76. The van der Waals surface area contributed by atoms with E-state index in [1.54, 1.807) is 0 Å². The summed E-state index contributed by atoms with van der Waals surface area (Å²) in [7, 11) is -3.53. The van der Waals surface area contributed by atoms with Gasteiger partial charge in [-0.05, 0) is 18.8 Å². The first-order valence-corrected chi connectivity index (χ1v) is 8.10. The van der Waals surface area contributed by atoms with Crippen LogP contribution in [-0.4, -0.2) is 56.3 Å². The Morgan fingerprint density at radius 1 is 1.47 bits per heavy atom. The molecule has 1 aliphatic rings. The summed E-state index contributed by atoms with van der Waals surface area (Å²) in [5.41, 5.74) is -0.242. The zero-order valence-electron chi connectivity index (χ0n) is 12.2. The van der Waals surface area contributed by atoms with Crippen LogP contribution >= 0.6 is 0 Å². The van der Waals surface area contributed by atoms with E-state index in [2.05, 4.69) is 4.72 Å². The van der Waals surface area contributed by atoms with Crippen LogP contribution in [-0.2, 0) is 14.9 Å². The van der Waals surface area contributed by atoms with Gasteiger partial charge in [0.15, 0.2) is 0 Å². The second-order valence-electron chi connectivity index (χ2n) is 6.09. The number of hydrogen-bond acceptors (Lipinski definition) is 4. The van der Waals surface area contributed by atoms with Crippen molar-refractivity contribution in [3.05, 3.63) is 0 Å². The number of aliphatic hydroxyl groups is 1. The van der Waals surface area contributed by atoms with Gasteiger partial charge in [-0.2, -0.15) is 17.4 Å². The highest BCUT2D eigenvalue weighted by molar-refractivity contribution is 7.87. The van der Waals surface area contributed by atoms with E-state index in [1.165, 1.54) is 4.31 Å². The van der Waals surface area contributed by atoms with E-state index in [-0.39, 0.29) is 24.2 Å². The standard InChI is InChI=1S/C12H26N2O4S/c1-10-9-14(6-8-18-10)19(16,17)13-11(5-7-15)12(2,3)4/h10-11,13,15H,5-9H2,1-4H3/t10-,11+/m0/s1. The molecular weight excluding hydrogens is 268 g/mol. The van der Waals surface area contributed by atoms with Crippen molar-refractivity contribution >= 4 is 10.2 Å². The fourth-order valence-electron chi connectivity index (χ4n) is 2.06. The number of ether oxygens (including phenoxy) is 1. The molecule has 0 aromatic rings. The molecule has 2 N–H and O–H groups in total. The average Bonchev–Trinajstić information content (AvgIpc) is 2.27. The van der Waals surface area contributed by atoms with Crippen LogP contribution in [0, 0.1) is 5.41 Å². The van der Waals surface area contributed by atoms with Gasteiger partial charge in [-0.1, -0.05) is 20.8 Å². The lowest BCUT2D eigenvalue weighted by Gasteiger charge is -2.35. The lowest BCUT2D eigenvalue weighted by molar-refractivity contribution is 0.00943. The summed E-state index contributed by atoms with van der Waals surface area (Å²) in [6, 6.07) is -0.291. The van der Waals surface area contributed by atoms with Gasteiger partial charge in [0, 0.05) is 25.7 Å². The van der Waals surface area contributed by atoms with Crippen LogP contribution in [0.3, 0.4) is 0 Å². The topological polar surface area (TPSA) is 78.9 Å². The van der Waals surface area contributed by atoms with Gasteiger partial charge < -0.3 is 9.84 Å². The molecule has 1 aliphatic heterocycles. The molecule has 1 saturated heterocycles. The molecule has 0 unspecified atom stereocenters. The number of nitrogens with zero attached hydrogens (tertiary/aromatic N) is 1. The molecule has 0 aliphatic carbocycles. The normalized spacial score (nSPS) is 24.4. The van der Waals surface area contributed by atoms with Crippen molar-refractivity contribution in [1.82, 2.24) is 9.03 Å². The highest BCUT2D eigenvalue weighted by atomic mass is 32.2. The van der Waals surface area contributed by atoms with Crippen LogP contribution in [0.1, 0.15) is 34.1 Å². The van der Waals surface area contributed by atoms with Crippen LogP contribution in [0.5, 0.6) is 0 Å². The fraction of sp³-hybridized carbons (Fsp3) is 1.00. The molecular formula is C12H26N2O4S. The molecule has 19 heavy (non-hydrogen) atoms. The molecule has 0 spiro atoms. The van der Waals surface area contributed by atoms with Gasteiger partial charge >= 0.3 is 0 Å². The van der Waals surface area contributed by atoms with Crippen molar-refractivity contribution in [3.8, 4) is 0 Å². The quantitative estimate of drug-likeness (QED) is 0.766.